The van der Waals surface area contributed by atoms with Crippen LogP contribution >= 0.6 is 0 Å². The zero-order chi connectivity index (χ0) is 14.3. The lowest BCUT2D eigenvalue weighted by Crippen LogP contribution is -2.43. The highest BCUT2D eigenvalue weighted by Gasteiger charge is 2.10. The first kappa shape index (κ1) is 16.5. The molecule has 0 bridgehead atoms. The van der Waals surface area contributed by atoms with Crippen molar-refractivity contribution in [1.82, 2.24) is 20.0 Å². The van der Waals surface area contributed by atoms with Crippen molar-refractivity contribution in [1.29, 1.82) is 0 Å². The second kappa shape index (κ2) is 7.79. The Kier molecular flexibility index (Phi) is 7.16. The number of nitrogens with zero attached hydrogens (tertiary/aromatic N) is 5. The second-order valence-corrected chi connectivity index (χ2v) is 5.01. The third-order valence-electron chi connectivity index (χ3n) is 2.30. The van der Waals surface area contributed by atoms with Gasteiger partial charge in [0.25, 0.3) is 0 Å². The van der Waals surface area contributed by atoms with Gasteiger partial charge in [0.1, 0.15) is 0 Å². The normalized spacial score (nSPS) is 9.56. The molecule has 0 aliphatic rings. The highest BCUT2D eigenvalue weighted by atomic mass is 15.3. The predicted molar refractivity (Wildman–Crippen MR) is 78.5 cm³/mol. The van der Waals surface area contributed by atoms with Gasteiger partial charge in [0.05, 0.1) is 41.3 Å². The fourth-order valence-electron chi connectivity index (χ4n) is 1.72. The molecular formula is C12H29N6+. The first-order valence-corrected chi connectivity index (χ1v) is 6.12. The van der Waals surface area contributed by atoms with Gasteiger partial charge < -0.3 is 9.80 Å². The number of aliphatic imine (C=N–C) groups is 1. The van der Waals surface area contributed by atoms with Gasteiger partial charge in [0.2, 0.25) is 0 Å². The maximum absolute atomic E-state index is 4.57. The van der Waals surface area contributed by atoms with E-state index < -0.39 is 0 Å². The molecule has 0 amide bonds. The van der Waals surface area contributed by atoms with Gasteiger partial charge in [0, 0.05) is 28.2 Å². The number of hydrogen-bond acceptors (Lipinski definition) is 1. The summed E-state index contributed by atoms with van der Waals surface area (Å²) in [5.74, 6) is 2.06. The maximum atomic E-state index is 4.57. The Balaban J connectivity index is 4.35. The van der Waals surface area contributed by atoms with Crippen LogP contribution < -0.4 is 5.32 Å². The summed E-state index contributed by atoms with van der Waals surface area (Å²) in [7, 11) is 16.1. The van der Waals surface area contributed by atoms with Crippen LogP contribution in [0.1, 0.15) is 0 Å². The fourth-order valence-corrected chi connectivity index (χ4v) is 1.72. The molecule has 18 heavy (non-hydrogen) atoms. The minimum Gasteiger partial charge on any atom is -0.349 e. The van der Waals surface area contributed by atoms with Crippen molar-refractivity contribution >= 4 is 11.9 Å². The molecule has 6 heteroatoms. The van der Waals surface area contributed by atoms with Gasteiger partial charge in [-0.05, 0) is 0 Å². The summed E-state index contributed by atoms with van der Waals surface area (Å²) in [6.07, 6.45) is 0. The summed E-state index contributed by atoms with van der Waals surface area (Å²) in [5.41, 5.74) is 0. The number of rotatable bonds is 3. The molecule has 0 heterocycles. The van der Waals surface area contributed by atoms with Crippen LogP contribution in [0.2, 0.25) is 0 Å². The zero-order valence-corrected chi connectivity index (χ0v) is 13.2. The highest BCUT2D eigenvalue weighted by molar-refractivity contribution is 5.79. The van der Waals surface area contributed by atoms with E-state index in [1.54, 1.807) is 0 Å². The monoisotopic (exact) mass is 257 g/mol. The summed E-state index contributed by atoms with van der Waals surface area (Å²) < 4.78 is 2.06. The van der Waals surface area contributed by atoms with Gasteiger partial charge in [-0.2, -0.15) is 0 Å². The molecule has 0 saturated heterocycles. The molecule has 106 valence electrons. The third-order valence-corrected chi connectivity index (χ3v) is 2.30. The van der Waals surface area contributed by atoms with Crippen LogP contribution in [0.4, 0.5) is 0 Å². The molecular weight excluding hydrogens is 228 g/mol. The van der Waals surface area contributed by atoms with Gasteiger partial charge in [0.15, 0.2) is 5.96 Å². The molecule has 0 saturated carbocycles. The van der Waals surface area contributed by atoms with E-state index in [1.807, 2.05) is 66.2 Å². The average molecular weight is 257 g/mol. The van der Waals surface area contributed by atoms with Gasteiger partial charge in [-0.15, -0.1) is 0 Å². The summed E-state index contributed by atoms with van der Waals surface area (Å²) in [5, 5.41) is 3.38. The van der Waals surface area contributed by atoms with E-state index in [2.05, 4.69) is 19.8 Å². The first-order valence-electron chi connectivity index (χ1n) is 6.12. The Morgan fingerprint density at radius 2 is 1.44 bits per heavy atom. The molecule has 1 N–H and O–H groups in total. The van der Waals surface area contributed by atoms with E-state index in [9.17, 15) is 0 Å². The maximum Gasteiger partial charge on any atom is 0.347 e. The van der Waals surface area contributed by atoms with E-state index in [0.717, 1.165) is 25.0 Å². The van der Waals surface area contributed by atoms with Crippen molar-refractivity contribution < 1.29 is 4.58 Å². The van der Waals surface area contributed by atoms with E-state index in [4.69, 9.17) is 0 Å². The molecule has 0 atom stereocenters. The highest BCUT2D eigenvalue weighted by Crippen LogP contribution is 1.88. The van der Waals surface area contributed by atoms with E-state index in [-0.39, 0.29) is 0 Å². The van der Waals surface area contributed by atoms with Crippen LogP contribution in [-0.4, -0.2) is 101 Å². The number of guanidine groups is 2. The Labute approximate surface area is 112 Å². The van der Waals surface area contributed by atoms with Crippen LogP contribution in [0.15, 0.2) is 4.99 Å². The SMILES string of the molecule is CN(C)C(=NCCNC(N(C)C)=[N+](C)C)N(C)C. The molecule has 0 spiro atoms. The smallest absolute Gasteiger partial charge is 0.347 e. The molecule has 0 aliphatic heterocycles. The quantitative estimate of drug-likeness (QED) is 0.312. The van der Waals surface area contributed by atoms with Gasteiger partial charge >= 0.3 is 5.96 Å². The van der Waals surface area contributed by atoms with Gasteiger partial charge in [-0.1, -0.05) is 0 Å². The zero-order valence-electron chi connectivity index (χ0n) is 13.2. The Morgan fingerprint density at radius 1 is 0.944 bits per heavy atom. The van der Waals surface area contributed by atoms with Crippen molar-refractivity contribution in [2.75, 3.05) is 69.5 Å². The molecule has 0 radical (unpaired) electrons. The minimum absolute atomic E-state index is 0.747. The van der Waals surface area contributed by atoms with Crippen LogP contribution in [0, 0.1) is 0 Å². The topological polar surface area (TPSA) is 37.1 Å². The molecule has 0 fully saturated rings. The molecule has 6 nitrogen and oxygen atoms in total. The molecule has 0 aromatic rings. The average Bonchev–Trinajstić information content (AvgIpc) is 2.20. The lowest BCUT2D eigenvalue weighted by Gasteiger charge is -2.22. The van der Waals surface area contributed by atoms with Crippen molar-refractivity contribution in [3.8, 4) is 0 Å². The Hall–Kier alpha value is -1.46. The second-order valence-electron chi connectivity index (χ2n) is 5.01. The molecule has 0 aromatic carbocycles. The first-order chi connectivity index (χ1) is 8.27. The fraction of sp³-hybridized carbons (Fsp3) is 0.833. The largest absolute Gasteiger partial charge is 0.349 e. The Bertz CT molecular complexity index is 290. The van der Waals surface area contributed by atoms with Crippen LogP contribution in [0.3, 0.4) is 0 Å². The number of nitrogens with one attached hydrogen (secondary N) is 1. The lowest BCUT2D eigenvalue weighted by molar-refractivity contribution is -0.472. The van der Waals surface area contributed by atoms with E-state index >= 15 is 0 Å². The molecule has 0 rings (SSSR count). The summed E-state index contributed by atoms with van der Waals surface area (Å²) in [6, 6.07) is 0. The van der Waals surface area contributed by atoms with Crippen LogP contribution in [-0.2, 0) is 0 Å². The van der Waals surface area contributed by atoms with Crippen molar-refractivity contribution in [2.24, 2.45) is 4.99 Å². The van der Waals surface area contributed by atoms with Crippen molar-refractivity contribution in [2.45, 2.75) is 0 Å². The summed E-state index contributed by atoms with van der Waals surface area (Å²) in [6.45, 7) is 1.56. The molecule has 0 aliphatic carbocycles. The van der Waals surface area contributed by atoms with E-state index in [0.29, 0.717) is 0 Å². The van der Waals surface area contributed by atoms with Gasteiger partial charge in [-0.25, -0.2) is 4.99 Å². The summed E-state index contributed by atoms with van der Waals surface area (Å²) in [4.78, 5) is 10.7. The summed E-state index contributed by atoms with van der Waals surface area (Å²) >= 11 is 0. The molecule has 0 aromatic heterocycles. The lowest BCUT2D eigenvalue weighted by atomic mass is 10.6. The van der Waals surface area contributed by atoms with Crippen molar-refractivity contribution in [3.63, 3.8) is 0 Å². The molecule has 0 unspecified atom stereocenters. The van der Waals surface area contributed by atoms with E-state index in [1.165, 1.54) is 0 Å². The predicted octanol–water partition coefficient (Wildman–Crippen LogP) is -0.755. The van der Waals surface area contributed by atoms with Crippen LogP contribution in [0.25, 0.3) is 0 Å². The Morgan fingerprint density at radius 3 is 1.78 bits per heavy atom. The third kappa shape index (κ3) is 5.75. The van der Waals surface area contributed by atoms with Gasteiger partial charge in [-0.3, -0.25) is 14.8 Å². The number of hydrogen-bond donors (Lipinski definition) is 1. The van der Waals surface area contributed by atoms with Crippen molar-refractivity contribution in [3.05, 3.63) is 0 Å². The van der Waals surface area contributed by atoms with Crippen LogP contribution in [0.5, 0.6) is 0 Å². The minimum atomic E-state index is 0.747. The standard InChI is InChI=1S/C12H28N6/c1-15(2)11(16(3)4)13-9-10-14-12(17(5)6)18(7)8/h9-10H2,1-8H3/p+1.